The second-order valence-corrected chi connectivity index (χ2v) is 8.00. The summed E-state index contributed by atoms with van der Waals surface area (Å²) in [6.07, 6.45) is 2.18. The number of halogens is 1. The fourth-order valence-corrected chi connectivity index (χ4v) is 3.71. The van der Waals surface area contributed by atoms with Gasteiger partial charge in [-0.2, -0.15) is 4.98 Å². The van der Waals surface area contributed by atoms with E-state index in [9.17, 15) is 9.18 Å². The molecule has 3 rings (SSSR count). The van der Waals surface area contributed by atoms with Crippen LogP contribution in [0.4, 0.5) is 21.8 Å². The Balaban J connectivity index is 1.87. The van der Waals surface area contributed by atoms with Gasteiger partial charge in [0, 0.05) is 43.6 Å². The van der Waals surface area contributed by atoms with E-state index in [1.54, 1.807) is 13.2 Å². The Hall–Kier alpha value is -2.98. The van der Waals surface area contributed by atoms with Gasteiger partial charge in [0.05, 0.1) is 7.11 Å². The quantitative estimate of drug-likeness (QED) is 0.572. The van der Waals surface area contributed by atoms with Gasteiger partial charge in [-0.05, 0) is 52.0 Å². The van der Waals surface area contributed by atoms with E-state index >= 15 is 0 Å². The number of nitrogens with one attached hydrogen (secondary N) is 1. The average molecular weight is 447 g/mol. The summed E-state index contributed by atoms with van der Waals surface area (Å²) < 4.78 is 24.4. The maximum atomic E-state index is 14.2. The van der Waals surface area contributed by atoms with Gasteiger partial charge in [-0.3, -0.25) is 4.79 Å². The maximum Gasteiger partial charge on any atom is 0.277 e. The van der Waals surface area contributed by atoms with Crippen LogP contribution in [-0.2, 0) is 11.2 Å². The lowest BCUT2D eigenvalue weighted by Gasteiger charge is -2.30. The summed E-state index contributed by atoms with van der Waals surface area (Å²) >= 11 is 0. The molecule has 1 aromatic heterocycles. The number of fused-ring (bicyclic) bond motifs is 1. The molecular weight excluding hydrogens is 415 g/mol. The maximum absolute atomic E-state index is 14.2. The molecule has 0 spiro atoms. The van der Waals surface area contributed by atoms with Crippen molar-refractivity contribution >= 4 is 23.4 Å². The molecule has 0 bridgehead atoms. The van der Waals surface area contributed by atoms with Gasteiger partial charge >= 0.3 is 0 Å². The Bertz CT molecular complexity index is 956. The molecule has 3 N–H and O–H groups in total. The highest BCUT2D eigenvalue weighted by Crippen LogP contribution is 2.30. The highest BCUT2D eigenvalue weighted by molar-refractivity contribution is 6.07. The molecule has 1 amide bonds. The molecule has 0 saturated carbocycles. The normalized spacial score (nSPS) is 14.4. The van der Waals surface area contributed by atoms with Crippen molar-refractivity contribution in [2.24, 2.45) is 0 Å². The van der Waals surface area contributed by atoms with Gasteiger partial charge in [-0.15, -0.1) is 0 Å². The molecule has 2 aromatic rings. The molecule has 0 fully saturated rings. The van der Waals surface area contributed by atoms with Gasteiger partial charge < -0.3 is 30.3 Å². The highest BCUT2D eigenvalue weighted by Gasteiger charge is 2.31. The number of nitrogens with two attached hydrogens (primary N) is 1. The Labute approximate surface area is 187 Å². The molecule has 1 atom stereocenters. The van der Waals surface area contributed by atoms with E-state index in [4.69, 9.17) is 15.2 Å². The van der Waals surface area contributed by atoms with E-state index in [0.717, 1.165) is 24.9 Å². The van der Waals surface area contributed by atoms with Crippen molar-refractivity contribution < 1.29 is 18.7 Å². The van der Waals surface area contributed by atoms with Crippen LogP contribution in [0.15, 0.2) is 18.2 Å². The first-order valence-electron chi connectivity index (χ1n) is 10.6. The molecule has 0 radical (unpaired) electrons. The fourth-order valence-electron chi connectivity index (χ4n) is 3.71. The van der Waals surface area contributed by atoms with Crippen LogP contribution in [0.25, 0.3) is 0 Å². The van der Waals surface area contributed by atoms with Gasteiger partial charge in [-0.1, -0.05) is 0 Å². The van der Waals surface area contributed by atoms with Crippen LogP contribution in [0, 0.1) is 5.82 Å². The van der Waals surface area contributed by atoms with Gasteiger partial charge in [0.15, 0.2) is 11.6 Å². The zero-order valence-corrected chi connectivity index (χ0v) is 19.0. The van der Waals surface area contributed by atoms with E-state index in [2.05, 4.69) is 20.2 Å². The second-order valence-electron chi connectivity index (χ2n) is 8.00. The molecule has 0 aliphatic carbocycles. The number of rotatable bonds is 10. The zero-order valence-electron chi connectivity index (χ0n) is 19.0. The highest BCUT2D eigenvalue weighted by atomic mass is 19.1. The molecule has 2 heterocycles. The first kappa shape index (κ1) is 23.7. The van der Waals surface area contributed by atoms with Crippen molar-refractivity contribution in [3.63, 3.8) is 0 Å². The first-order valence-corrected chi connectivity index (χ1v) is 10.6. The number of carbonyl (C=O) groups excluding carboxylic acids is 1. The topological polar surface area (TPSA) is 106 Å². The number of aromatic nitrogens is 2. The van der Waals surface area contributed by atoms with Crippen LogP contribution in [0.5, 0.6) is 5.75 Å². The Morgan fingerprint density at radius 1 is 1.28 bits per heavy atom. The predicted molar refractivity (Wildman–Crippen MR) is 122 cm³/mol. The van der Waals surface area contributed by atoms with Crippen molar-refractivity contribution in [3.8, 4) is 5.75 Å². The smallest absolute Gasteiger partial charge is 0.277 e. The minimum absolute atomic E-state index is 0.0143. The van der Waals surface area contributed by atoms with E-state index in [1.807, 2.05) is 14.1 Å². The second kappa shape index (κ2) is 10.6. The lowest BCUT2D eigenvalue weighted by molar-refractivity contribution is 0.0975. The molecule has 174 valence electrons. The summed E-state index contributed by atoms with van der Waals surface area (Å²) in [5, 5.41) is 3.45. The van der Waals surface area contributed by atoms with Crippen LogP contribution >= 0.6 is 0 Å². The molecule has 1 unspecified atom stereocenters. The van der Waals surface area contributed by atoms with Gasteiger partial charge in [0.1, 0.15) is 11.5 Å². The zero-order chi connectivity index (χ0) is 23.3. The lowest BCUT2D eigenvalue weighted by atomic mass is 10.0. The van der Waals surface area contributed by atoms with E-state index in [-0.39, 0.29) is 29.3 Å². The molecule has 1 aliphatic heterocycles. The monoisotopic (exact) mass is 446 g/mol. The Morgan fingerprint density at radius 3 is 2.72 bits per heavy atom. The third kappa shape index (κ3) is 5.43. The molecule has 1 aromatic carbocycles. The molecule has 9 nitrogen and oxygen atoms in total. The van der Waals surface area contributed by atoms with Crippen LogP contribution in [0.2, 0.25) is 0 Å². The van der Waals surface area contributed by atoms with Gasteiger partial charge in [0.2, 0.25) is 5.95 Å². The number of nitrogens with zero attached hydrogens (tertiary/aromatic N) is 4. The molecule has 1 aliphatic rings. The predicted octanol–water partition coefficient (Wildman–Crippen LogP) is 2.18. The number of nitrogen functional groups attached to an aromatic ring is 1. The third-order valence-electron chi connectivity index (χ3n) is 5.44. The Kier molecular flexibility index (Phi) is 7.81. The van der Waals surface area contributed by atoms with E-state index < -0.39 is 5.82 Å². The van der Waals surface area contributed by atoms with E-state index in [0.29, 0.717) is 31.1 Å². The largest absolute Gasteiger partial charge is 0.494 e. The summed E-state index contributed by atoms with van der Waals surface area (Å²) in [7, 11) is 7.11. The summed E-state index contributed by atoms with van der Waals surface area (Å²) in [4.78, 5) is 25.4. The number of hydrogen-bond donors (Lipinski definition) is 2. The van der Waals surface area contributed by atoms with Crippen molar-refractivity contribution in [2.45, 2.75) is 25.3 Å². The Morgan fingerprint density at radius 2 is 2.06 bits per heavy atom. The van der Waals surface area contributed by atoms with Crippen LogP contribution in [0.3, 0.4) is 0 Å². The van der Waals surface area contributed by atoms with Crippen molar-refractivity contribution in [3.05, 3.63) is 35.3 Å². The van der Waals surface area contributed by atoms with Gasteiger partial charge in [0.25, 0.3) is 5.91 Å². The van der Waals surface area contributed by atoms with Crippen molar-refractivity contribution in [2.75, 3.05) is 64.0 Å². The summed E-state index contributed by atoms with van der Waals surface area (Å²) in [5.41, 5.74) is 7.35. The molecule has 0 saturated heterocycles. The number of hydrogen-bond acceptors (Lipinski definition) is 8. The SMILES string of the molecule is COCCC(CCN(C)C)Nc1nc(N)nc2c1CCN(c1ccc(OC)c(F)c1)C2=O. The molecular formula is C22H31FN6O3. The number of methoxy groups -OCH3 is 2. The number of carbonyl (C=O) groups is 1. The number of amides is 1. The van der Waals surface area contributed by atoms with Gasteiger partial charge in [-0.25, -0.2) is 9.37 Å². The number of benzene rings is 1. The van der Waals surface area contributed by atoms with Crippen LogP contribution < -0.4 is 20.7 Å². The first-order chi connectivity index (χ1) is 15.3. The molecule has 32 heavy (non-hydrogen) atoms. The minimum Gasteiger partial charge on any atom is -0.494 e. The number of ether oxygens (including phenoxy) is 2. The summed E-state index contributed by atoms with van der Waals surface area (Å²) in [6.45, 7) is 1.86. The summed E-state index contributed by atoms with van der Waals surface area (Å²) in [6, 6.07) is 4.53. The van der Waals surface area contributed by atoms with Crippen LogP contribution in [-0.4, -0.2) is 74.8 Å². The third-order valence-corrected chi connectivity index (χ3v) is 5.44. The molecule has 10 heteroatoms. The van der Waals surface area contributed by atoms with E-state index in [1.165, 1.54) is 24.1 Å². The number of anilines is 3. The summed E-state index contributed by atoms with van der Waals surface area (Å²) in [5.74, 6) is -0.164. The average Bonchev–Trinajstić information content (AvgIpc) is 2.76. The van der Waals surface area contributed by atoms with Crippen molar-refractivity contribution in [1.82, 2.24) is 14.9 Å². The minimum atomic E-state index is -0.532. The van der Waals surface area contributed by atoms with Crippen LogP contribution in [0.1, 0.15) is 28.9 Å². The van der Waals surface area contributed by atoms with Crippen molar-refractivity contribution in [1.29, 1.82) is 0 Å². The fraction of sp³-hybridized carbons (Fsp3) is 0.500. The lowest BCUT2D eigenvalue weighted by Crippen LogP contribution is -2.39. The standard InChI is InChI=1S/C22H31FN6O3/c1-28(2)10-7-14(9-12-31-3)25-20-16-8-11-29(21(30)19(16)26-22(24)27-20)15-5-6-18(32-4)17(23)13-15/h5-6,13-14H,7-12H2,1-4H3,(H3,24,25,26,27).